The average molecular weight is 321 g/mol. The van der Waals surface area contributed by atoms with Gasteiger partial charge in [0, 0.05) is 12.8 Å². The Morgan fingerprint density at radius 3 is 2.61 bits per heavy atom. The highest BCUT2D eigenvalue weighted by Gasteiger charge is 2.49. The molecule has 7 heteroatoms. The third-order valence-electron chi connectivity index (χ3n) is 5.10. The van der Waals surface area contributed by atoms with Crippen molar-refractivity contribution in [3.05, 3.63) is 0 Å². The monoisotopic (exact) mass is 321 g/mol. The molecule has 2 fully saturated rings. The van der Waals surface area contributed by atoms with Gasteiger partial charge in [-0.25, -0.2) is 0 Å². The number of carboxylic acids is 1. The fourth-order valence-corrected chi connectivity index (χ4v) is 4.08. The minimum atomic E-state index is -0.930. The van der Waals surface area contributed by atoms with Crippen LogP contribution >= 0.6 is 0 Å². The third-order valence-corrected chi connectivity index (χ3v) is 5.10. The van der Waals surface area contributed by atoms with Crippen molar-refractivity contribution < 1.29 is 24.2 Å². The zero-order chi connectivity index (χ0) is 17.4. The first-order valence-electron chi connectivity index (χ1n) is 8.18. The Morgan fingerprint density at radius 1 is 1.43 bits per heavy atom. The van der Waals surface area contributed by atoms with E-state index in [0.717, 1.165) is 0 Å². The number of hydrogen-bond donors (Lipinski definition) is 1. The van der Waals surface area contributed by atoms with Crippen molar-refractivity contribution in [3.8, 4) is 0 Å². The summed E-state index contributed by atoms with van der Waals surface area (Å²) in [6, 6.07) is -0.172. The molecule has 0 aromatic carbocycles. The van der Waals surface area contributed by atoms with Crippen molar-refractivity contribution in [2.45, 2.75) is 70.7 Å². The van der Waals surface area contributed by atoms with E-state index in [2.05, 4.69) is 0 Å². The van der Waals surface area contributed by atoms with Crippen molar-refractivity contribution in [3.63, 3.8) is 0 Å². The Kier molecular flexibility index (Phi) is 5.18. The molecule has 2 radical (unpaired) electrons. The molecule has 1 N–H and O–H groups in total. The van der Waals surface area contributed by atoms with Crippen molar-refractivity contribution in [2.24, 2.45) is 11.8 Å². The third kappa shape index (κ3) is 3.60. The van der Waals surface area contributed by atoms with Crippen molar-refractivity contribution in [2.75, 3.05) is 0 Å². The topological polar surface area (TPSA) is 83.9 Å². The summed E-state index contributed by atoms with van der Waals surface area (Å²) in [5.41, 5.74) is -0.805. The lowest BCUT2D eigenvalue weighted by Crippen LogP contribution is -2.47. The Hall–Kier alpha value is -1.37. The van der Waals surface area contributed by atoms with Crippen LogP contribution in [0, 0.1) is 11.8 Å². The average Bonchev–Trinajstić information content (AvgIpc) is 2.70. The molecule has 2 unspecified atom stereocenters. The second-order valence-corrected chi connectivity index (χ2v) is 7.01. The maximum absolute atomic E-state index is 11.8. The van der Waals surface area contributed by atoms with Crippen LogP contribution < -0.4 is 0 Å². The highest BCUT2D eigenvalue weighted by atomic mass is 16.5. The summed E-state index contributed by atoms with van der Waals surface area (Å²) in [6.45, 7) is 5.54. The summed E-state index contributed by atoms with van der Waals surface area (Å²) in [6.07, 6.45) is 2.01. The van der Waals surface area contributed by atoms with E-state index >= 15 is 0 Å². The summed E-state index contributed by atoms with van der Waals surface area (Å²) < 4.78 is 6.03. The second-order valence-electron chi connectivity index (χ2n) is 7.01. The fraction of sp³-hybridized carbons (Fsp3) is 0.812. The number of ketones is 1. The number of carbonyl (C=O) groups excluding carboxylic acids is 2. The Balaban J connectivity index is 2.16. The van der Waals surface area contributed by atoms with Gasteiger partial charge in [0.25, 0.3) is 0 Å². The van der Waals surface area contributed by atoms with E-state index in [0.29, 0.717) is 25.7 Å². The standard InChI is InChI=1S/C16H24BNO5/c1-4-12-13(23-16(2,3)18(12)15(17)22)7-9-5-6-10(19)8-11(9)14(20)21/h9,11-13H,4-8H2,1-3H3,(H,20,21)/t9?,11?,12-,13+/m0/s1. The van der Waals surface area contributed by atoms with Crippen LogP contribution in [0.4, 0.5) is 4.79 Å². The largest absolute Gasteiger partial charge is 0.481 e. The van der Waals surface area contributed by atoms with Gasteiger partial charge in [0.1, 0.15) is 11.5 Å². The summed E-state index contributed by atoms with van der Waals surface area (Å²) in [5.74, 6) is -2.24. The van der Waals surface area contributed by atoms with Crippen LogP contribution in [-0.2, 0) is 14.3 Å². The van der Waals surface area contributed by atoms with Crippen molar-refractivity contribution in [1.82, 2.24) is 4.90 Å². The van der Waals surface area contributed by atoms with E-state index < -0.39 is 23.4 Å². The molecule has 23 heavy (non-hydrogen) atoms. The maximum Gasteiger partial charge on any atom is 0.307 e. The molecule has 0 spiro atoms. The zero-order valence-corrected chi connectivity index (χ0v) is 13.9. The van der Waals surface area contributed by atoms with Crippen LogP contribution in [0.3, 0.4) is 0 Å². The van der Waals surface area contributed by atoms with Crippen LogP contribution in [0.5, 0.6) is 0 Å². The molecule has 1 saturated heterocycles. The van der Waals surface area contributed by atoms with Gasteiger partial charge in [-0.1, -0.05) is 6.92 Å². The number of hydrogen-bond acceptors (Lipinski definition) is 4. The number of carbonyl (C=O) groups is 3. The number of Topliss-reactive ketones (excluding diaryl/α,β-unsaturated/α-hetero) is 1. The molecule has 4 atom stereocenters. The molecule has 0 aromatic heterocycles. The van der Waals surface area contributed by atoms with E-state index in [4.69, 9.17) is 12.6 Å². The number of rotatable bonds is 4. The predicted octanol–water partition coefficient (Wildman–Crippen LogP) is 1.95. The van der Waals surface area contributed by atoms with E-state index in [1.807, 2.05) is 6.92 Å². The molecule has 2 aliphatic rings. The number of ether oxygens (including phenoxy) is 1. The molecule has 1 aliphatic carbocycles. The van der Waals surface area contributed by atoms with Crippen molar-refractivity contribution >= 4 is 25.4 Å². The zero-order valence-electron chi connectivity index (χ0n) is 13.9. The van der Waals surface area contributed by atoms with Crippen LogP contribution in [-0.4, -0.2) is 53.3 Å². The summed E-state index contributed by atoms with van der Waals surface area (Å²) >= 11 is 0. The smallest absolute Gasteiger partial charge is 0.307 e. The molecule has 1 amide bonds. The van der Waals surface area contributed by atoms with Gasteiger partial charge in [0.2, 0.25) is 7.85 Å². The first kappa shape index (κ1) is 18.0. The molecule has 0 bridgehead atoms. The maximum atomic E-state index is 11.8. The first-order chi connectivity index (χ1) is 10.7. The predicted molar refractivity (Wildman–Crippen MR) is 84.1 cm³/mol. The van der Waals surface area contributed by atoms with Gasteiger partial charge >= 0.3 is 5.97 Å². The van der Waals surface area contributed by atoms with E-state index in [9.17, 15) is 19.5 Å². The molecule has 1 aliphatic heterocycles. The highest BCUT2D eigenvalue weighted by Crippen LogP contribution is 2.40. The Bertz CT molecular complexity index is 507. The van der Waals surface area contributed by atoms with E-state index in [-0.39, 0.29) is 30.3 Å². The molecular formula is C16H24BNO5. The summed E-state index contributed by atoms with van der Waals surface area (Å²) in [4.78, 5) is 36.3. The quantitative estimate of drug-likeness (QED) is 0.800. The number of amides is 1. The first-order valence-corrected chi connectivity index (χ1v) is 8.18. The molecule has 1 heterocycles. The lowest BCUT2D eigenvalue weighted by molar-refractivity contribution is -0.148. The lowest BCUT2D eigenvalue weighted by Gasteiger charge is -2.33. The highest BCUT2D eigenvalue weighted by molar-refractivity contribution is 6.57. The number of nitrogens with zero attached hydrogens (tertiary/aromatic N) is 1. The van der Waals surface area contributed by atoms with Gasteiger partial charge in [-0.2, -0.15) is 0 Å². The van der Waals surface area contributed by atoms with Gasteiger partial charge in [-0.3, -0.25) is 14.4 Å². The number of aliphatic carboxylic acids is 1. The van der Waals surface area contributed by atoms with Gasteiger partial charge in [-0.15, -0.1) is 0 Å². The van der Waals surface area contributed by atoms with Gasteiger partial charge in [-0.05, 0) is 39.0 Å². The lowest BCUT2D eigenvalue weighted by atomic mass is 9.75. The second kappa shape index (κ2) is 6.63. The summed E-state index contributed by atoms with van der Waals surface area (Å²) in [5, 5.41) is 9.39. The minimum Gasteiger partial charge on any atom is -0.481 e. The molecule has 0 aromatic rings. The van der Waals surface area contributed by atoms with Crippen molar-refractivity contribution in [1.29, 1.82) is 0 Å². The van der Waals surface area contributed by atoms with E-state index in [1.54, 1.807) is 18.7 Å². The van der Waals surface area contributed by atoms with Gasteiger partial charge in [0.15, 0.2) is 5.81 Å². The Morgan fingerprint density at radius 2 is 2.09 bits per heavy atom. The van der Waals surface area contributed by atoms with Crippen LogP contribution in [0.25, 0.3) is 0 Å². The molecule has 2 rings (SSSR count). The molecule has 126 valence electrons. The SMILES string of the molecule is [B]C(=O)N1[C@@H](CC)[C@@H](CC2CCC(=O)CC2C(=O)O)OC1(C)C. The van der Waals surface area contributed by atoms with Gasteiger partial charge < -0.3 is 14.7 Å². The molecule has 1 saturated carbocycles. The Labute approximate surface area is 138 Å². The van der Waals surface area contributed by atoms with E-state index in [1.165, 1.54) is 0 Å². The van der Waals surface area contributed by atoms with Crippen LogP contribution in [0.1, 0.15) is 52.9 Å². The molecule has 6 nitrogen and oxygen atoms in total. The molecular weight excluding hydrogens is 297 g/mol. The van der Waals surface area contributed by atoms with Gasteiger partial charge in [0.05, 0.1) is 18.1 Å². The minimum absolute atomic E-state index is 0.00660. The summed E-state index contributed by atoms with van der Waals surface area (Å²) in [7, 11) is 5.50. The normalized spacial score (nSPS) is 33.7. The van der Waals surface area contributed by atoms with Crippen LogP contribution in [0.15, 0.2) is 0 Å². The fourth-order valence-electron chi connectivity index (χ4n) is 4.08. The number of carboxylic acid groups (broad SMARTS) is 1. The van der Waals surface area contributed by atoms with Crippen LogP contribution in [0.2, 0.25) is 0 Å².